The molecule has 2 aliphatic rings. The van der Waals surface area contributed by atoms with Crippen LogP contribution in [0.3, 0.4) is 0 Å². The molecule has 1 saturated heterocycles. The van der Waals surface area contributed by atoms with Gasteiger partial charge in [0.05, 0.1) is 7.11 Å². The molecular formula is C16H19NO5. The first-order valence-electron chi connectivity index (χ1n) is 7.34. The van der Waals surface area contributed by atoms with Gasteiger partial charge in [-0.05, 0) is 6.07 Å². The van der Waals surface area contributed by atoms with Gasteiger partial charge in [0.1, 0.15) is 12.0 Å². The van der Waals surface area contributed by atoms with Crippen molar-refractivity contribution < 1.29 is 24.2 Å². The van der Waals surface area contributed by atoms with Crippen LogP contribution in [0, 0.1) is 5.41 Å². The van der Waals surface area contributed by atoms with Gasteiger partial charge in [0, 0.05) is 31.0 Å². The Morgan fingerprint density at radius 1 is 1.50 bits per heavy atom. The van der Waals surface area contributed by atoms with E-state index < -0.39 is 11.4 Å². The standard InChI is InChI=1S/C16H19NO5/c1-3-13(18)17-7-11-10-5-4-6-12(21-2)14(10)22-9-16(11,8-17)15(19)20/h4-6,11H,3,7-9H2,1-2H3,(H,19,20)/t11-,16-/m0/s1. The van der Waals surface area contributed by atoms with Gasteiger partial charge in [0.15, 0.2) is 11.5 Å². The van der Waals surface area contributed by atoms with E-state index >= 15 is 0 Å². The molecule has 1 aromatic carbocycles. The molecule has 118 valence electrons. The molecule has 22 heavy (non-hydrogen) atoms. The second-order valence-corrected chi connectivity index (χ2v) is 5.81. The summed E-state index contributed by atoms with van der Waals surface area (Å²) in [5.41, 5.74) is -0.274. The maximum absolute atomic E-state index is 12.0. The first kappa shape index (κ1) is 14.7. The van der Waals surface area contributed by atoms with E-state index in [0.29, 0.717) is 24.5 Å². The molecular weight excluding hydrogens is 286 g/mol. The van der Waals surface area contributed by atoms with E-state index in [0.717, 1.165) is 5.56 Å². The lowest BCUT2D eigenvalue weighted by Gasteiger charge is -2.36. The summed E-state index contributed by atoms with van der Waals surface area (Å²) in [6.07, 6.45) is 0.369. The smallest absolute Gasteiger partial charge is 0.315 e. The number of carboxylic acids is 1. The fourth-order valence-corrected chi connectivity index (χ4v) is 3.47. The van der Waals surface area contributed by atoms with Gasteiger partial charge in [0.2, 0.25) is 5.91 Å². The highest BCUT2D eigenvalue weighted by Gasteiger charge is 2.57. The average molecular weight is 305 g/mol. The number of likely N-dealkylation sites (tertiary alicyclic amines) is 1. The average Bonchev–Trinajstić information content (AvgIpc) is 2.95. The molecule has 0 aromatic heterocycles. The maximum atomic E-state index is 12.0. The number of fused-ring (bicyclic) bond motifs is 3. The molecule has 0 aliphatic carbocycles. The Bertz CT molecular complexity index is 629. The molecule has 0 bridgehead atoms. The Balaban J connectivity index is 2.07. The first-order valence-corrected chi connectivity index (χ1v) is 7.34. The van der Waals surface area contributed by atoms with Gasteiger partial charge in [-0.25, -0.2) is 0 Å². The van der Waals surface area contributed by atoms with Crippen molar-refractivity contribution in [3.05, 3.63) is 23.8 Å². The first-order chi connectivity index (χ1) is 10.5. The predicted octanol–water partition coefficient (Wildman–Crippen LogP) is 1.49. The van der Waals surface area contributed by atoms with Crippen LogP contribution in [0.25, 0.3) is 0 Å². The second-order valence-electron chi connectivity index (χ2n) is 5.81. The van der Waals surface area contributed by atoms with Crippen LogP contribution in [0.5, 0.6) is 11.5 Å². The number of hydrogen-bond acceptors (Lipinski definition) is 4. The zero-order chi connectivity index (χ0) is 15.9. The highest BCUT2D eigenvalue weighted by Crippen LogP contribution is 2.52. The number of carbonyl (C=O) groups excluding carboxylic acids is 1. The van der Waals surface area contributed by atoms with Gasteiger partial charge in [-0.1, -0.05) is 19.1 Å². The van der Waals surface area contributed by atoms with Crippen molar-refractivity contribution in [1.29, 1.82) is 0 Å². The summed E-state index contributed by atoms with van der Waals surface area (Å²) in [4.78, 5) is 25.6. The van der Waals surface area contributed by atoms with Crippen LogP contribution < -0.4 is 9.47 Å². The third-order valence-corrected chi connectivity index (χ3v) is 4.70. The Morgan fingerprint density at radius 3 is 2.91 bits per heavy atom. The van der Waals surface area contributed by atoms with Crippen LogP contribution >= 0.6 is 0 Å². The van der Waals surface area contributed by atoms with Gasteiger partial charge in [-0.15, -0.1) is 0 Å². The molecule has 0 radical (unpaired) electrons. The minimum atomic E-state index is -1.08. The third kappa shape index (κ3) is 1.94. The van der Waals surface area contributed by atoms with E-state index in [1.165, 1.54) is 0 Å². The zero-order valence-electron chi connectivity index (χ0n) is 12.7. The number of para-hydroxylation sites is 1. The summed E-state index contributed by atoms with van der Waals surface area (Å²) in [5, 5.41) is 9.77. The minimum Gasteiger partial charge on any atom is -0.493 e. The van der Waals surface area contributed by atoms with Crippen molar-refractivity contribution in [1.82, 2.24) is 4.90 Å². The number of carboxylic acid groups (broad SMARTS) is 1. The molecule has 0 spiro atoms. The summed E-state index contributed by atoms with van der Waals surface area (Å²) in [6.45, 7) is 2.43. The summed E-state index contributed by atoms with van der Waals surface area (Å²) < 4.78 is 11.0. The Hall–Kier alpha value is -2.24. The molecule has 1 fully saturated rings. The Labute approximate surface area is 128 Å². The molecule has 2 heterocycles. The molecule has 0 unspecified atom stereocenters. The van der Waals surface area contributed by atoms with Crippen molar-refractivity contribution >= 4 is 11.9 Å². The Kier molecular flexibility index (Phi) is 3.47. The fourth-order valence-electron chi connectivity index (χ4n) is 3.47. The molecule has 1 aromatic rings. The summed E-state index contributed by atoms with van der Waals surface area (Å²) in [6, 6.07) is 5.47. The van der Waals surface area contributed by atoms with E-state index in [2.05, 4.69) is 0 Å². The van der Waals surface area contributed by atoms with Crippen LogP contribution in [0.2, 0.25) is 0 Å². The molecule has 1 N–H and O–H groups in total. The van der Waals surface area contributed by atoms with Gasteiger partial charge < -0.3 is 19.5 Å². The lowest BCUT2D eigenvalue weighted by molar-refractivity contribution is -0.152. The summed E-state index contributed by atoms with van der Waals surface area (Å²) >= 11 is 0. The van der Waals surface area contributed by atoms with Gasteiger partial charge in [-0.2, -0.15) is 0 Å². The zero-order valence-corrected chi connectivity index (χ0v) is 12.7. The quantitative estimate of drug-likeness (QED) is 0.915. The Morgan fingerprint density at radius 2 is 2.27 bits per heavy atom. The van der Waals surface area contributed by atoms with Crippen molar-refractivity contribution in [2.75, 3.05) is 26.8 Å². The number of amides is 1. The van der Waals surface area contributed by atoms with E-state index in [9.17, 15) is 14.7 Å². The monoisotopic (exact) mass is 305 g/mol. The van der Waals surface area contributed by atoms with Crippen LogP contribution in [-0.2, 0) is 9.59 Å². The maximum Gasteiger partial charge on any atom is 0.315 e. The van der Waals surface area contributed by atoms with Crippen LogP contribution in [0.4, 0.5) is 0 Å². The number of hydrogen-bond donors (Lipinski definition) is 1. The van der Waals surface area contributed by atoms with Crippen molar-refractivity contribution in [3.63, 3.8) is 0 Å². The topological polar surface area (TPSA) is 76.1 Å². The van der Waals surface area contributed by atoms with Crippen LogP contribution in [0.15, 0.2) is 18.2 Å². The SMILES string of the molecule is CCC(=O)N1C[C@H]2c3cccc(OC)c3OC[C@@]2(C(=O)O)C1. The van der Waals surface area contributed by atoms with E-state index in [-0.39, 0.29) is 25.0 Å². The number of nitrogens with zero attached hydrogens (tertiary/aromatic N) is 1. The van der Waals surface area contributed by atoms with Crippen molar-refractivity contribution in [2.45, 2.75) is 19.3 Å². The molecule has 2 aliphatic heterocycles. The molecule has 2 atom stereocenters. The van der Waals surface area contributed by atoms with E-state index in [4.69, 9.17) is 9.47 Å². The number of methoxy groups -OCH3 is 1. The summed E-state index contributed by atoms with van der Waals surface area (Å²) in [5.74, 6) is -0.0365. The van der Waals surface area contributed by atoms with Gasteiger partial charge >= 0.3 is 5.97 Å². The molecule has 1 amide bonds. The van der Waals surface area contributed by atoms with E-state index in [1.807, 2.05) is 12.1 Å². The lowest BCUT2D eigenvalue weighted by atomic mass is 9.73. The predicted molar refractivity (Wildman–Crippen MR) is 78.2 cm³/mol. The summed E-state index contributed by atoms with van der Waals surface area (Å²) in [7, 11) is 1.56. The molecule has 0 saturated carbocycles. The van der Waals surface area contributed by atoms with Crippen molar-refractivity contribution in [3.8, 4) is 11.5 Å². The molecule has 6 heteroatoms. The third-order valence-electron chi connectivity index (χ3n) is 4.70. The highest BCUT2D eigenvalue weighted by atomic mass is 16.5. The number of aliphatic carboxylic acids is 1. The van der Waals surface area contributed by atoms with Gasteiger partial charge in [0.25, 0.3) is 0 Å². The van der Waals surface area contributed by atoms with Crippen LogP contribution in [-0.4, -0.2) is 48.7 Å². The second kappa shape index (κ2) is 5.19. The number of benzene rings is 1. The fraction of sp³-hybridized carbons (Fsp3) is 0.500. The van der Waals surface area contributed by atoms with Crippen LogP contribution in [0.1, 0.15) is 24.8 Å². The van der Waals surface area contributed by atoms with Crippen molar-refractivity contribution in [2.24, 2.45) is 5.41 Å². The number of rotatable bonds is 3. The minimum absolute atomic E-state index is 0.0283. The molecule has 3 rings (SSSR count). The number of carbonyl (C=O) groups is 2. The van der Waals surface area contributed by atoms with Gasteiger partial charge in [-0.3, -0.25) is 9.59 Å². The lowest BCUT2D eigenvalue weighted by Crippen LogP contribution is -2.46. The highest BCUT2D eigenvalue weighted by molar-refractivity contribution is 5.83. The van der Waals surface area contributed by atoms with E-state index in [1.54, 1.807) is 25.0 Å². The largest absolute Gasteiger partial charge is 0.493 e. The molecule has 6 nitrogen and oxygen atoms in total. The normalized spacial score (nSPS) is 25.9. The number of ether oxygens (including phenoxy) is 2.